The van der Waals surface area contributed by atoms with Crippen molar-refractivity contribution < 1.29 is 9.52 Å². The summed E-state index contributed by atoms with van der Waals surface area (Å²) in [5.74, 6) is 1.64. The van der Waals surface area contributed by atoms with Crippen molar-refractivity contribution in [1.82, 2.24) is 4.98 Å². The smallest absolute Gasteiger partial charge is 0.114 e. The number of nitrogens with zero attached hydrogens (tertiary/aromatic N) is 1. The first-order valence-corrected chi connectivity index (χ1v) is 6.04. The summed E-state index contributed by atoms with van der Waals surface area (Å²) in [6, 6.07) is 7.52. The van der Waals surface area contributed by atoms with Crippen LogP contribution in [0.4, 0.5) is 0 Å². The topological polar surface area (TPSA) is 46.3 Å². The lowest BCUT2D eigenvalue weighted by Crippen LogP contribution is -1.96. The minimum atomic E-state index is -0.493. The molecule has 0 radical (unpaired) electrons. The van der Waals surface area contributed by atoms with Crippen LogP contribution in [0.15, 0.2) is 46.2 Å². The number of aliphatic hydroxyl groups is 1. The molecule has 2 rings (SSSR count). The molecule has 0 saturated heterocycles. The van der Waals surface area contributed by atoms with Gasteiger partial charge < -0.3 is 9.52 Å². The Morgan fingerprint density at radius 1 is 1.44 bits per heavy atom. The molecule has 0 fully saturated rings. The average Bonchev–Trinajstić information content (AvgIpc) is 2.79. The number of aromatic nitrogens is 1. The highest BCUT2D eigenvalue weighted by Crippen LogP contribution is 2.27. The SMILES string of the molecule is CC(O)c1cccnc1SCc1ccco1. The van der Waals surface area contributed by atoms with E-state index in [1.807, 2.05) is 24.3 Å². The van der Waals surface area contributed by atoms with Gasteiger partial charge in [-0.3, -0.25) is 0 Å². The van der Waals surface area contributed by atoms with Crippen LogP contribution in [0.3, 0.4) is 0 Å². The summed E-state index contributed by atoms with van der Waals surface area (Å²) in [7, 11) is 0. The molecule has 0 aliphatic carbocycles. The van der Waals surface area contributed by atoms with Crippen molar-refractivity contribution in [3.63, 3.8) is 0 Å². The average molecular weight is 235 g/mol. The summed E-state index contributed by atoms with van der Waals surface area (Å²) in [5.41, 5.74) is 0.860. The molecule has 2 heterocycles. The lowest BCUT2D eigenvalue weighted by molar-refractivity contribution is 0.195. The summed E-state index contributed by atoms with van der Waals surface area (Å²) < 4.78 is 5.24. The van der Waals surface area contributed by atoms with Gasteiger partial charge in [0.2, 0.25) is 0 Å². The van der Waals surface area contributed by atoms with Crippen LogP contribution in [-0.2, 0) is 5.75 Å². The third-order valence-electron chi connectivity index (χ3n) is 2.18. The van der Waals surface area contributed by atoms with Gasteiger partial charge >= 0.3 is 0 Å². The van der Waals surface area contributed by atoms with E-state index in [-0.39, 0.29) is 0 Å². The maximum absolute atomic E-state index is 9.58. The van der Waals surface area contributed by atoms with E-state index >= 15 is 0 Å². The quantitative estimate of drug-likeness (QED) is 0.827. The Kier molecular flexibility index (Phi) is 3.64. The first-order chi connectivity index (χ1) is 7.77. The largest absolute Gasteiger partial charge is 0.468 e. The van der Waals surface area contributed by atoms with Gasteiger partial charge in [-0.25, -0.2) is 4.98 Å². The summed E-state index contributed by atoms with van der Waals surface area (Å²) in [5, 5.41) is 10.4. The van der Waals surface area contributed by atoms with Crippen molar-refractivity contribution in [3.05, 3.63) is 48.0 Å². The monoisotopic (exact) mass is 235 g/mol. The molecule has 0 amide bonds. The molecule has 2 aromatic rings. The minimum absolute atomic E-state index is 0.493. The van der Waals surface area contributed by atoms with Gasteiger partial charge in [-0.1, -0.05) is 17.8 Å². The van der Waals surface area contributed by atoms with Crippen molar-refractivity contribution in [1.29, 1.82) is 0 Å². The number of hydrogen-bond acceptors (Lipinski definition) is 4. The summed E-state index contributed by atoms with van der Waals surface area (Å²) in [6.45, 7) is 1.74. The van der Waals surface area contributed by atoms with E-state index in [4.69, 9.17) is 4.42 Å². The molecular formula is C12H13NO2S. The van der Waals surface area contributed by atoms with Gasteiger partial charge in [0.1, 0.15) is 10.8 Å². The van der Waals surface area contributed by atoms with E-state index in [0.717, 1.165) is 22.1 Å². The third-order valence-corrected chi connectivity index (χ3v) is 3.23. The van der Waals surface area contributed by atoms with Crippen LogP contribution in [0, 0.1) is 0 Å². The molecule has 84 valence electrons. The second kappa shape index (κ2) is 5.18. The van der Waals surface area contributed by atoms with E-state index in [1.54, 1.807) is 31.1 Å². The maximum atomic E-state index is 9.58. The first-order valence-electron chi connectivity index (χ1n) is 5.05. The molecule has 16 heavy (non-hydrogen) atoms. The Balaban J connectivity index is 2.09. The number of thioether (sulfide) groups is 1. The number of furan rings is 1. The number of rotatable bonds is 4. The highest BCUT2D eigenvalue weighted by Gasteiger charge is 2.09. The molecule has 1 atom stereocenters. The molecule has 0 aliphatic heterocycles. The molecule has 4 heteroatoms. The van der Waals surface area contributed by atoms with Crippen molar-refractivity contribution in [3.8, 4) is 0 Å². The summed E-state index contributed by atoms with van der Waals surface area (Å²) >= 11 is 1.57. The van der Waals surface area contributed by atoms with Crippen LogP contribution in [0.1, 0.15) is 24.4 Å². The van der Waals surface area contributed by atoms with Crippen LogP contribution in [-0.4, -0.2) is 10.1 Å². The zero-order valence-electron chi connectivity index (χ0n) is 8.96. The Hall–Kier alpha value is -1.26. The molecule has 0 aromatic carbocycles. The molecule has 3 nitrogen and oxygen atoms in total. The highest BCUT2D eigenvalue weighted by molar-refractivity contribution is 7.98. The Labute approximate surface area is 98.5 Å². The summed E-state index contributed by atoms with van der Waals surface area (Å²) in [4.78, 5) is 4.26. The maximum Gasteiger partial charge on any atom is 0.114 e. The summed E-state index contributed by atoms with van der Waals surface area (Å²) in [6.07, 6.45) is 2.90. The van der Waals surface area contributed by atoms with Crippen LogP contribution in [0.25, 0.3) is 0 Å². The molecule has 2 aromatic heterocycles. The molecule has 0 spiro atoms. The van der Waals surface area contributed by atoms with E-state index in [1.165, 1.54) is 0 Å². The Morgan fingerprint density at radius 3 is 3.00 bits per heavy atom. The molecule has 1 N–H and O–H groups in total. The Bertz CT molecular complexity index is 440. The van der Waals surface area contributed by atoms with E-state index in [9.17, 15) is 5.11 Å². The fraction of sp³-hybridized carbons (Fsp3) is 0.250. The van der Waals surface area contributed by atoms with Crippen molar-refractivity contribution in [2.24, 2.45) is 0 Å². The molecule has 0 aliphatic rings. The number of aliphatic hydroxyl groups excluding tert-OH is 1. The molecule has 1 unspecified atom stereocenters. The van der Waals surface area contributed by atoms with E-state index in [0.29, 0.717) is 0 Å². The van der Waals surface area contributed by atoms with Gasteiger partial charge in [0.25, 0.3) is 0 Å². The van der Waals surface area contributed by atoms with Gasteiger partial charge in [-0.15, -0.1) is 0 Å². The van der Waals surface area contributed by atoms with Gasteiger partial charge in [-0.05, 0) is 25.1 Å². The van der Waals surface area contributed by atoms with Crippen LogP contribution >= 0.6 is 11.8 Å². The molecule has 0 saturated carbocycles. The zero-order chi connectivity index (χ0) is 11.4. The minimum Gasteiger partial charge on any atom is -0.468 e. The van der Waals surface area contributed by atoms with Crippen molar-refractivity contribution >= 4 is 11.8 Å². The molecular weight excluding hydrogens is 222 g/mol. The van der Waals surface area contributed by atoms with Crippen molar-refractivity contribution in [2.75, 3.05) is 0 Å². The number of hydrogen-bond donors (Lipinski definition) is 1. The van der Waals surface area contributed by atoms with Gasteiger partial charge in [0, 0.05) is 11.8 Å². The predicted molar refractivity (Wildman–Crippen MR) is 63.1 cm³/mol. The van der Waals surface area contributed by atoms with Gasteiger partial charge in [-0.2, -0.15) is 0 Å². The fourth-order valence-electron chi connectivity index (χ4n) is 1.38. The molecule has 0 bridgehead atoms. The standard InChI is InChI=1S/C12H13NO2S/c1-9(14)11-5-2-6-13-12(11)16-8-10-4-3-7-15-10/h2-7,9,14H,8H2,1H3. The van der Waals surface area contributed by atoms with Gasteiger partial charge in [0.05, 0.1) is 18.1 Å². The second-order valence-corrected chi connectivity index (χ2v) is 4.41. The Morgan fingerprint density at radius 2 is 2.31 bits per heavy atom. The third kappa shape index (κ3) is 2.65. The lowest BCUT2D eigenvalue weighted by Gasteiger charge is -2.09. The highest BCUT2D eigenvalue weighted by atomic mass is 32.2. The zero-order valence-corrected chi connectivity index (χ0v) is 9.78. The predicted octanol–water partition coefficient (Wildman–Crippen LogP) is 3.02. The van der Waals surface area contributed by atoms with E-state index in [2.05, 4.69) is 4.98 Å². The van der Waals surface area contributed by atoms with Gasteiger partial charge in [0.15, 0.2) is 0 Å². The van der Waals surface area contributed by atoms with Crippen molar-refractivity contribution in [2.45, 2.75) is 23.8 Å². The second-order valence-electron chi connectivity index (χ2n) is 3.44. The first kappa shape index (κ1) is 11.2. The lowest BCUT2D eigenvalue weighted by atomic mass is 10.2. The fourth-order valence-corrected chi connectivity index (χ4v) is 2.36. The normalized spacial score (nSPS) is 12.6. The van der Waals surface area contributed by atoms with E-state index < -0.39 is 6.10 Å². The van der Waals surface area contributed by atoms with Crippen LogP contribution in [0.2, 0.25) is 0 Å². The number of pyridine rings is 1. The van der Waals surface area contributed by atoms with Crippen LogP contribution < -0.4 is 0 Å². The van der Waals surface area contributed by atoms with Crippen LogP contribution in [0.5, 0.6) is 0 Å².